The van der Waals surface area contributed by atoms with Gasteiger partial charge in [0.05, 0.1) is 6.04 Å². The van der Waals surface area contributed by atoms with E-state index >= 15 is 0 Å². The van der Waals surface area contributed by atoms with Crippen molar-refractivity contribution in [1.29, 1.82) is 0 Å². The summed E-state index contributed by atoms with van der Waals surface area (Å²) in [6.07, 6.45) is 1.11. The van der Waals surface area contributed by atoms with Crippen molar-refractivity contribution in [3.05, 3.63) is 35.4 Å². The Hall–Kier alpha value is -1.88. The van der Waals surface area contributed by atoms with Crippen molar-refractivity contribution >= 4 is 11.9 Å². The van der Waals surface area contributed by atoms with Crippen LogP contribution in [0.25, 0.3) is 0 Å². The van der Waals surface area contributed by atoms with Crippen LogP contribution in [0, 0.1) is 5.92 Å². The van der Waals surface area contributed by atoms with Gasteiger partial charge >= 0.3 is 6.03 Å². The molecule has 1 aromatic carbocycles. The van der Waals surface area contributed by atoms with Crippen molar-refractivity contribution < 1.29 is 9.59 Å². The zero-order valence-corrected chi connectivity index (χ0v) is 14.7. The van der Waals surface area contributed by atoms with E-state index < -0.39 is 18.0 Å². The number of carbonyl (C=O) groups excluding carboxylic acids is 2. The van der Waals surface area contributed by atoms with Crippen LogP contribution < -0.4 is 16.4 Å². The number of rotatable bonds is 7. The predicted molar refractivity (Wildman–Crippen MR) is 93.1 cm³/mol. The molecule has 0 aliphatic rings. The number of hydrogen-bond donors (Lipinski definition) is 3. The molecule has 0 saturated heterocycles. The number of urea groups is 1. The van der Waals surface area contributed by atoms with Crippen LogP contribution in [0.1, 0.15) is 64.1 Å². The van der Waals surface area contributed by atoms with Gasteiger partial charge in [0.2, 0.25) is 5.91 Å². The maximum atomic E-state index is 11.9. The lowest BCUT2D eigenvalue weighted by molar-refractivity contribution is -0.121. The standard InChI is InChI=1S/C18H29N3O2/c1-6-12(4)14-7-9-15(10-8-14)16(11(2)3)20-13(5)17(22)21-18(19)23/h7-13,16,20H,6H2,1-5H3,(H3,19,21,22,23)/t12-,13-,16+/m0/s1. The zero-order chi connectivity index (χ0) is 17.6. The second kappa shape index (κ2) is 8.67. The van der Waals surface area contributed by atoms with Crippen LogP contribution in [0.5, 0.6) is 0 Å². The molecule has 0 fully saturated rings. The summed E-state index contributed by atoms with van der Waals surface area (Å²) in [6.45, 7) is 10.3. The van der Waals surface area contributed by atoms with Crippen LogP contribution in [0.2, 0.25) is 0 Å². The molecule has 0 aliphatic heterocycles. The summed E-state index contributed by atoms with van der Waals surface area (Å²) in [5.41, 5.74) is 7.44. The van der Waals surface area contributed by atoms with Gasteiger partial charge in [0.1, 0.15) is 0 Å². The second-order valence-electron chi connectivity index (χ2n) is 6.44. The normalized spacial score (nSPS) is 15.0. The van der Waals surface area contributed by atoms with E-state index in [-0.39, 0.29) is 6.04 Å². The van der Waals surface area contributed by atoms with Crippen LogP contribution >= 0.6 is 0 Å². The van der Waals surface area contributed by atoms with Crippen LogP contribution in [-0.2, 0) is 4.79 Å². The van der Waals surface area contributed by atoms with Crippen molar-refractivity contribution in [3.63, 3.8) is 0 Å². The van der Waals surface area contributed by atoms with E-state index in [0.717, 1.165) is 12.0 Å². The van der Waals surface area contributed by atoms with E-state index in [0.29, 0.717) is 11.8 Å². The Morgan fingerprint density at radius 2 is 1.57 bits per heavy atom. The maximum Gasteiger partial charge on any atom is 0.318 e. The lowest BCUT2D eigenvalue weighted by atomic mass is 9.91. The Labute approximate surface area is 139 Å². The Kier molecular flexibility index (Phi) is 7.23. The van der Waals surface area contributed by atoms with Crippen molar-refractivity contribution in [2.24, 2.45) is 11.7 Å². The summed E-state index contributed by atoms with van der Waals surface area (Å²) in [7, 11) is 0. The molecule has 23 heavy (non-hydrogen) atoms. The molecule has 1 aromatic rings. The second-order valence-corrected chi connectivity index (χ2v) is 6.44. The van der Waals surface area contributed by atoms with Gasteiger partial charge in [-0.3, -0.25) is 15.4 Å². The van der Waals surface area contributed by atoms with Crippen molar-refractivity contribution in [1.82, 2.24) is 10.6 Å². The van der Waals surface area contributed by atoms with Gasteiger partial charge in [-0.2, -0.15) is 0 Å². The Bertz CT molecular complexity index is 526. The average Bonchev–Trinajstić information content (AvgIpc) is 2.50. The quantitative estimate of drug-likeness (QED) is 0.722. The molecule has 3 amide bonds. The number of hydrogen-bond acceptors (Lipinski definition) is 3. The number of primary amides is 1. The third kappa shape index (κ3) is 5.67. The molecule has 1 rings (SSSR count). The highest BCUT2D eigenvalue weighted by Crippen LogP contribution is 2.25. The molecule has 0 heterocycles. The van der Waals surface area contributed by atoms with Gasteiger partial charge < -0.3 is 5.73 Å². The number of nitrogens with two attached hydrogens (primary N) is 1. The zero-order valence-electron chi connectivity index (χ0n) is 14.7. The molecule has 4 N–H and O–H groups in total. The maximum absolute atomic E-state index is 11.9. The highest BCUT2D eigenvalue weighted by Gasteiger charge is 2.22. The fourth-order valence-corrected chi connectivity index (χ4v) is 2.52. The van der Waals surface area contributed by atoms with E-state index in [4.69, 9.17) is 5.73 Å². The van der Waals surface area contributed by atoms with Crippen molar-refractivity contribution in [2.45, 2.75) is 59.0 Å². The molecule has 0 spiro atoms. The SMILES string of the molecule is CC[C@H](C)c1ccc([C@H](N[C@@H](C)C(=O)NC(N)=O)C(C)C)cc1. The minimum atomic E-state index is -0.831. The van der Waals surface area contributed by atoms with Gasteiger partial charge in [-0.05, 0) is 36.3 Å². The molecule has 3 atom stereocenters. The third-order valence-corrected chi connectivity index (χ3v) is 4.21. The topological polar surface area (TPSA) is 84.2 Å². The third-order valence-electron chi connectivity index (χ3n) is 4.21. The first-order valence-electron chi connectivity index (χ1n) is 8.22. The van der Waals surface area contributed by atoms with Gasteiger partial charge in [0.15, 0.2) is 0 Å². The molecular weight excluding hydrogens is 290 g/mol. The van der Waals surface area contributed by atoms with Gasteiger partial charge in [0.25, 0.3) is 0 Å². The Balaban J connectivity index is 2.86. The monoisotopic (exact) mass is 319 g/mol. The molecule has 0 saturated carbocycles. The van der Waals surface area contributed by atoms with E-state index in [2.05, 4.69) is 62.6 Å². The van der Waals surface area contributed by atoms with Gasteiger partial charge in [-0.1, -0.05) is 52.0 Å². The van der Waals surface area contributed by atoms with E-state index in [1.807, 2.05) is 0 Å². The first-order chi connectivity index (χ1) is 10.8. The summed E-state index contributed by atoms with van der Waals surface area (Å²) in [5, 5.41) is 5.39. The number of nitrogens with one attached hydrogen (secondary N) is 2. The minimum Gasteiger partial charge on any atom is -0.351 e. The number of carbonyl (C=O) groups is 2. The summed E-state index contributed by atoms with van der Waals surface area (Å²) in [4.78, 5) is 22.6. The molecular formula is C18H29N3O2. The van der Waals surface area contributed by atoms with Gasteiger partial charge in [0, 0.05) is 6.04 Å². The minimum absolute atomic E-state index is 0.0228. The summed E-state index contributed by atoms with van der Waals surface area (Å²) >= 11 is 0. The highest BCUT2D eigenvalue weighted by atomic mass is 16.2. The molecule has 0 aromatic heterocycles. The highest BCUT2D eigenvalue weighted by molar-refractivity contribution is 5.96. The summed E-state index contributed by atoms with van der Waals surface area (Å²) in [5.74, 6) is 0.419. The van der Waals surface area contributed by atoms with Crippen molar-refractivity contribution in [2.75, 3.05) is 0 Å². The van der Waals surface area contributed by atoms with Crippen LogP contribution in [0.3, 0.4) is 0 Å². The molecule has 0 aliphatic carbocycles. The smallest absolute Gasteiger partial charge is 0.318 e. The van der Waals surface area contributed by atoms with Gasteiger partial charge in [-0.15, -0.1) is 0 Å². The summed E-state index contributed by atoms with van der Waals surface area (Å²) < 4.78 is 0. The first kappa shape index (κ1) is 19.2. The van der Waals surface area contributed by atoms with Gasteiger partial charge in [-0.25, -0.2) is 4.79 Å². The number of imide groups is 1. The summed E-state index contributed by atoms with van der Waals surface area (Å²) in [6, 6.07) is 7.19. The Morgan fingerprint density at radius 1 is 1.04 bits per heavy atom. The van der Waals surface area contributed by atoms with E-state index in [1.54, 1.807) is 6.92 Å². The first-order valence-corrected chi connectivity index (χ1v) is 8.22. The molecule has 5 nitrogen and oxygen atoms in total. The Morgan fingerprint density at radius 3 is 2.00 bits per heavy atom. The molecule has 128 valence electrons. The lowest BCUT2D eigenvalue weighted by Gasteiger charge is -2.26. The van der Waals surface area contributed by atoms with E-state index in [1.165, 1.54) is 5.56 Å². The largest absolute Gasteiger partial charge is 0.351 e. The number of benzene rings is 1. The van der Waals surface area contributed by atoms with Crippen LogP contribution in [0.15, 0.2) is 24.3 Å². The van der Waals surface area contributed by atoms with Crippen LogP contribution in [-0.4, -0.2) is 18.0 Å². The molecule has 0 unspecified atom stereocenters. The predicted octanol–water partition coefficient (Wildman–Crippen LogP) is 3.07. The molecule has 5 heteroatoms. The molecule has 0 radical (unpaired) electrons. The fourth-order valence-electron chi connectivity index (χ4n) is 2.52. The van der Waals surface area contributed by atoms with E-state index in [9.17, 15) is 9.59 Å². The fraction of sp³-hybridized carbons (Fsp3) is 0.556. The number of amides is 3. The van der Waals surface area contributed by atoms with Crippen LogP contribution in [0.4, 0.5) is 4.79 Å². The molecule has 0 bridgehead atoms. The lowest BCUT2D eigenvalue weighted by Crippen LogP contribution is -2.48. The average molecular weight is 319 g/mol. The van der Waals surface area contributed by atoms with Crippen molar-refractivity contribution in [3.8, 4) is 0 Å².